The molecule has 0 radical (unpaired) electrons. The molecule has 2 amide bonds. The summed E-state index contributed by atoms with van der Waals surface area (Å²) < 4.78 is 10.4. The van der Waals surface area contributed by atoms with Crippen LogP contribution in [0.1, 0.15) is 18.4 Å². The Bertz CT molecular complexity index is 513. The van der Waals surface area contributed by atoms with Crippen LogP contribution in [0.3, 0.4) is 0 Å². The number of hydrogen-bond acceptors (Lipinski definition) is 4. The molecular weight excluding hydrogens is 284 g/mol. The van der Waals surface area contributed by atoms with Crippen molar-refractivity contribution < 1.29 is 19.1 Å². The summed E-state index contributed by atoms with van der Waals surface area (Å²) in [5.41, 5.74) is 1.09. The molecule has 0 bridgehead atoms. The summed E-state index contributed by atoms with van der Waals surface area (Å²) in [6, 6.07) is 7.71. The Kier molecular flexibility index (Phi) is 6.21. The molecule has 22 heavy (non-hydrogen) atoms. The van der Waals surface area contributed by atoms with Crippen molar-refractivity contribution in [2.24, 2.45) is 0 Å². The van der Waals surface area contributed by atoms with E-state index in [1.807, 2.05) is 24.3 Å². The summed E-state index contributed by atoms with van der Waals surface area (Å²) in [6.07, 6.45) is 1.93. The Morgan fingerprint density at radius 2 is 2.23 bits per heavy atom. The van der Waals surface area contributed by atoms with Gasteiger partial charge in [-0.05, 0) is 37.0 Å². The van der Waals surface area contributed by atoms with Crippen LogP contribution >= 0.6 is 0 Å². The van der Waals surface area contributed by atoms with E-state index in [-0.39, 0.29) is 18.4 Å². The van der Waals surface area contributed by atoms with E-state index in [2.05, 4.69) is 10.6 Å². The van der Waals surface area contributed by atoms with Gasteiger partial charge in [-0.25, -0.2) is 0 Å². The van der Waals surface area contributed by atoms with Crippen LogP contribution in [-0.4, -0.2) is 44.7 Å². The molecule has 1 aromatic rings. The Hall–Kier alpha value is -2.08. The van der Waals surface area contributed by atoms with Crippen LogP contribution in [0.15, 0.2) is 24.3 Å². The van der Waals surface area contributed by atoms with Crippen molar-refractivity contribution in [1.82, 2.24) is 10.6 Å². The number of amides is 2. The Morgan fingerprint density at radius 3 is 2.95 bits per heavy atom. The molecule has 120 valence electrons. The predicted molar refractivity (Wildman–Crippen MR) is 81.7 cm³/mol. The fourth-order valence-corrected chi connectivity index (χ4v) is 2.30. The molecule has 0 aromatic heterocycles. The largest absolute Gasteiger partial charge is 0.497 e. The first-order chi connectivity index (χ1) is 10.7. The van der Waals surface area contributed by atoms with Gasteiger partial charge in [0, 0.05) is 13.2 Å². The van der Waals surface area contributed by atoms with Crippen molar-refractivity contribution >= 4 is 11.8 Å². The number of carbonyl (C=O) groups excluding carboxylic acids is 2. The summed E-state index contributed by atoms with van der Waals surface area (Å²) in [4.78, 5) is 23.4. The van der Waals surface area contributed by atoms with Crippen LogP contribution in [0, 0.1) is 0 Å². The molecule has 1 saturated heterocycles. The van der Waals surface area contributed by atoms with Crippen molar-refractivity contribution in [2.45, 2.75) is 25.4 Å². The SMILES string of the molecule is COc1cccc(CCNC(=O)CNC(=O)C2CCCO2)c1. The summed E-state index contributed by atoms with van der Waals surface area (Å²) in [5.74, 6) is 0.391. The van der Waals surface area contributed by atoms with Gasteiger partial charge in [0.1, 0.15) is 11.9 Å². The molecule has 0 saturated carbocycles. The lowest BCUT2D eigenvalue weighted by Gasteiger charge is -2.10. The number of methoxy groups -OCH3 is 1. The van der Waals surface area contributed by atoms with E-state index in [4.69, 9.17) is 9.47 Å². The van der Waals surface area contributed by atoms with Crippen LogP contribution in [0.5, 0.6) is 5.75 Å². The number of benzene rings is 1. The first-order valence-corrected chi connectivity index (χ1v) is 7.48. The van der Waals surface area contributed by atoms with Gasteiger partial charge < -0.3 is 20.1 Å². The molecule has 1 fully saturated rings. The van der Waals surface area contributed by atoms with Crippen molar-refractivity contribution in [3.05, 3.63) is 29.8 Å². The first kappa shape index (κ1) is 16.3. The molecule has 0 aliphatic carbocycles. The topological polar surface area (TPSA) is 76.7 Å². The lowest BCUT2D eigenvalue weighted by Crippen LogP contribution is -2.41. The van der Waals surface area contributed by atoms with Crippen molar-refractivity contribution in [3.63, 3.8) is 0 Å². The van der Waals surface area contributed by atoms with Gasteiger partial charge >= 0.3 is 0 Å². The standard InChI is InChI=1S/C16H22N2O4/c1-21-13-5-2-4-12(10-13)7-8-17-15(19)11-18-16(20)14-6-3-9-22-14/h2,4-5,10,14H,3,6-9,11H2,1H3,(H,17,19)(H,18,20). The van der Waals surface area contributed by atoms with Crippen LogP contribution in [-0.2, 0) is 20.7 Å². The van der Waals surface area contributed by atoms with E-state index in [9.17, 15) is 9.59 Å². The molecule has 2 N–H and O–H groups in total. The van der Waals surface area contributed by atoms with Gasteiger partial charge in [0.05, 0.1) is 13.7 Å². The highest BCUT2D eigenvalue weighted by Gasteiger charge is 2.23. The second-order valence-corrected chi connectivity index (χ2v) is 5.17. The van der Waals surface area contributed by atoms with Crippen LogP contribution in [0.25, 0.3) is 0 Å². The molecule has 1 aliphatic heterocycles. The minimum absolute atomic E-state index is 0.0171. The number of rotatable bonds is 7. The maximum atomic E-state index is 11.7. The van der Waals surface area contributed by atoms with Gasteiger partial charge in [-0.15, -0.1) is 0 Å². The zero-order valence-corrected chi connectivity index (χ0v) is 12.8. The number of hydrogen-bond donors (Lipinski definition) is 2. The van der Waals surface area contributed by atoms with Crippen LogP contribution < -0.4 is 15.4 Å². The number of ether oxygens (including phenoxy) is 2. The van der Waals surface area contributed by atoms with Gasteiger partial charge in [-0.1, -0.05) is 12.1 Å². The zero-order chi connectivity index (χ0) is 15.8. The van der Waals surface area contributed by atoms with Gasteiger partial charge in [0.25, 0.3) is 0 Å². The highest BCUT2D eigenvalue weighted by Crippen LogP contribution is 2.12. The van der Waals surface area contributed by atoms with Gasteiger partial charge in [0.15, 0.2) is 0 Å². The molecule has 1 atom stereocenters. The predicted octanol–water partition coefficient (Wildman–Crippen LogP) is 0.649. The molecule has 1 aliphatic rings. The number of carbonyl (C=O) groups is 2. The second-order valence-electron chi connectivity index (χ2n) is 5.17. The maximum absolute atomic E-state index is 11.7. The second kappa shape index (κ2) is 8.38. The van der Waals surface area contributed by atoms with Gasteiger partial charge in [-0.2, -0.15) is 0 Å². The van der Waals surface area contributed by atoms with Crippen LogP contribution in [0.4, 0.5) is 0 Å². The normalized spacial score (nSPS) is 17.0. The summed E-state index contributed by atoms with van der Waals surface area (Å²) in [5, 5.41) is 5.37. The maximum Gasteiger partial charge on any atom is 0.249 e. The quantitative estimate of drug-likeness (QED) is 0.775. The number of nitrogens with one attached hydrogen (secondary N) is 2. The Balaban J connectivity index is 1.63. The minimum atomic E-state index is -0.399. The zero-order valence-electron chi connectivity index (χ0n) is 12.8. The molecule has 1 heterocycles. The molecule has 2 rings (SSSR count). The summed E-state index contributed by atoms with van der Waals surface area (Å²) in [7, 11) is 1.62. The molecule has 0 spiro atoms. The van der Waals surface area contributed by atoms with E-state index in [0.29, 0.717) is 19.6 Å². The molecule has 1 aromatic carbocycles. The highest BCUT2D eigenvalue weighted by molar-refractivity contribution is 5.86. The third-order valence-electron chi connectivity index (χ3n) is 3.52. The average Bonchev–Trinajstić information content (AvgIpc) is 3.07. The van der Waals surface area contributed by atoms with E-state index < -0.39 is 6.10 Å². The van der Waals surface area contributed by atoms with E-state index in [1.54, 1.807) is 7.11 Å². The molecule has 6 nitrogen and oxygen atoms in total. The summed E-state index contributed by atoms with van der Waals surface area (Å²) >= 11 is 0. The van der Waals surface area contributed by atoms with E-state index in [1.165, 1.54) is 0 Å². The van der Waals surface area contributed by atoms with Gasteiger partial charge in [-0.3, -0.25) is 9.59 Å². The van der Waals surface area contributed by atoms with E-state index >= 15 is 0 Å². The third kappa shape index (κ3) is 5.04. The smallest absolute Gasteiger partial charge is 0.249 e. The average molecular weight is 306 g/mol. The fourth-order valence-electron chi connectivity index (χ4n) is 2.30. The monoisotopic (exact) mass is 306 g/mol. The highest BCUT2D eigenvalue weighted by atomic mass is 16.5. The lowest BCUT2D eigenvalue weighted by molar-refractivity contribution is -0.132. The third-order valence-corrected chi connectivity index (χ3v) is 3.52. The van der Waals surface area contributed by atoms with Crippen LogP contribution in [0.2, 0.25) is 0 Å². The van der Waals surface area contributed by atoms with Crippen molar-refractivity contribution in [3.8, 4) is 5.75 Å². The van der Waals surface area contributed by atoms with Crippen molar-refractivity contribution in [1.29, 1.82) is 0 Å². The molecule has 6 heteroatoms. The fraction of sp³-hybridized carbons (Fsp3) is 0.500. The summed E-state index contributed by atoms with van der Waals surface area (Å²) in [6.45, 7) is 1.11. The molecular formula is C16H22N2O4. The lowest BCUT2D eigenvalue weighted by atomic mass is 10.1. The molecule has 1 unspecified atom stereocenters. The van der Waals surface area contributed by atoms with Gasteiger partial charge in [0.2, 0.25) is 11.8 Å². The van der Waals surface area contributed by atoms with E-state index in [0.717, 1.165) is 24.2 Å². The Labute approximate surface area is 130 Å². The minimum Gasteiger partial charge on any atom is -0.497 e. The Morgan fingerprint density at radius 1 is 1.36 bits per heavy atom. The van der Waals surface area contributed by atoms with Crippen molar-refractivity contribution in [2.75, 3.05) is 26.8 Å². The first-order valence-electron chi connectivity index (χ1n) is 7.48.